The van der Waals surface area contributed by atoms with Crippen LogP contribution >= 0.6 is 0 Å². The number of carbonyl (C=O) groups is 1. The predicted molar refractivity (Wildman–Crippen MR) is 58.2 cm³/mol. The van der Waals surface area contributed by atoms with E-state index in [0.29, 0.717) is 5.69 Å². The monoisotopic (exact) mass is 225 g/mol. The molecule has 5 N–H and O–H groups in total. The van der Waals surface area contributed by atoms with Gasteiger partial charge in [0.05, 0.1) is 12.0 Å². The van der Waals surface area contributed by atoms with Crippen molar-refractivity contribution in [1.82, 2.24) is 0 Å². The average molecular weight is 225 g/mol. The minimum atomic E-state index is -0.951. The number of anilines is 1. The van der Waals surface area contributed by atoms with Crippen LogP contribution in [0.2, 0.25) is 0 Å². The summed E-state index contributed by atoms with van der Waals surface area (Å²) in [4.78, 5) is 10.3. The van der Waals surface area contributed by atoms with E-state index in [-0.39, 0.29) is 18.5 Å². The standard InChI is InChI=1S/C10H12FN3O2/c11-6-2-1-3-7(9(6)10(12)13)14-5-4-8(15)16/h1-3,14H,4-5H2,(H3,12,13)(H,15,16). The third kappa shape index (κ3) is 2.94. The first-order chi connectivity index (χ1) is 7.52. The number of nitrogens with two attached hydrogens (primary N) is 1. The van der Waals surface area contributed by atoms with Gasteiger partial charge in [0.25, 0.3) is 0 Å². The van der Waals surface area contributed by atoms with Crippen molar-refractivity contribution in [3.05, 3.63) is 29.6 Å². The van der Waals surface area contributed by atoms with Crippen molar-refractivity contribution >= 4 is 17.5 Å². The second kappa shape index (κ2) is 5.11. The van der Waals surface area contributed by atoms with Gasteiger partial charge in [0.1, 0.15) is 11.7 Å². The largest absolute Gasteiger partial charge is 0.481 e. The Labute approximate surface area is 91.6 Å². The summed E-state index contributed by atoms with van der Waals surface area (Å²) in [6, 6.07) is 4.20. The van der Waals surface area contributed by atoms with Crippen LogP contribution in [-0.4, -0.2) is 23.5 Å². The molecule has 0 aromatic heterocycles. The fraction of sp³-hybridized carbons (Fsp3) is 0.200. The van der Waals surface area contributed by atoms with E-state index >= 15 is 0 Å². The Morgan fingerprint density at radius 3 is 2.81 bits per heavy atom. The van der Waals surface area contributed by atoms with E-state index in [4.69, 9.17) is 16.2 Å². The van der Waals surface area contributed by atoms with Crippen LogP contribution in [-0.2, 0) is 4.79 Å². The Morgan fingerprint density at radius 1 is 1.56 bits per heavy atom. The Kier molecular flexibility index (Phi) is 3.82. The van der Waals surface area contributed by atoms with Gasteiger partial charge in [-0.2, -0.15) is 0 Å². The van der Waals surface area contributed by atoms with Gasteiger partial charge < -0.3 is 16.2 Å². The molecule has 0 saturated carbocycles. The normalized spacial score (nSPS) is 9.81. The Bertz CT molecular complexity index is 421. The van der Waals surface area contributed by atoms with Crippen LogP contribution in [0.15, 0.2) is 18.2 Å². The van der Waals surface area contributed by atoms with Gasteiger partial charge in [0.15, 0.2) is 0 Å². The lowest BCUT2D eigenvalue weighted by atomic mass is 10.1. The SMILES string of the molecule is N=C(N)c1c(F)cccc1NCCC(=O)O. The Balaban J connectivity index is 2.83. The molecule has 16 heavy (non-hydrogen) atoms. The van der Waals surface area contributed by atoms with Crippen molar-refractivity contribution in [1.29, 1.82) is 5.41 Å². The van der Waals surface area contributed by atoms with E-state index in [1.807, 2.05) is 0 Å². The molecule has 0 unspecified atom stereocenters. The molecule has 0 bridgehead atoms. The van der Waals surface area contributed by atoms with Crippen molar-refractivity contribution in [3.63, 3.8) is 0 Å². The van der Waals surface area contributed by atoms with Crippen LogP contribution in [0.3, 0.4) is 0 Å². The van der Waals surface area contributed by atoms with Crippen molar-refractivity contribution in [2.45, 2.75) is 6.42 Å². The van der Waals surface area contributed by atoms with Crippen molar-refractivity contribution in [3.8, 4) is 0 Å². The molecule has 0 saturated heterocycles. The summed E-state index contributed by atoms with van der Waals surface area (Å²) in [7, 11) is 0. The van der Waals surface area contributed by atoms with E-state index in [1.54, 1.807) is 6.07 Å². The average Bonchev–Trinajstić information content (AvgIpc) is 2.16. The zero-order chi connectivity index (χ0) is 12.1. The highest BCUT2D eigenvalue weighted by atomic mass is 19.1. The predicted octanol–water partition coefficient (Wildman–Crippen LogP) is 0.996. The third-order valence-corrected chi connectivity index (χ3v) is 1.94. The molecule has 0 fully saturated rings. The number of aliphatic carboxylic acids is 1. The minimum absolute atomic E-state index is 0.0344. The number of nitrogen functional groups attached to an aromatic ring is 1. The van der Waals surface area contributed by atoms with Gasteiger partial charge in [-0.25, -0.2) is 4.39 Å². The first-order valence-corrected chi connectivity index (χ1v) is 4.61. The molecule has 0 aliphatic heterocycles. The summed E-state index contributed by atoms with van der Waals surface area (Å²) in [5, 5.41) is 18.4. The quantitative estimate of drug-likeness (QED) is 0.443. The molecule has 0 heterocycles. The van der Waals surface area contributed by atoms with Gasteiger partial charge in [-0.05, 0) is 12.1 Å². The van der Waals surface area contributed by atoms with Crippen LogP contribution in [0.25, 0.3) is 0 Å². The van der Waals surface area contributed by atoms with E-state index in [2.05, 4.69) is 5.32 Å². The van der Waals surface area contributed by atoms with Gasteiger partial charge in [-0.3, -0.25) is 10.2 Å². The van der Waals surface area contributed by atoms with Gasteiger partial charge >= 0.3 is 5.97 Å². The number of carboxylic acid groups (broad SMARTS) is 1. The molecule has 0 atom stereocenters. The van der Waals surface area contributed by atoms with E-state index < -0.39 is 17.6 Å². The van der Waals surface area contributed by atoms with Crippen LogP contribution in [0.5, 0.6) is 0 Å². The molecular weight excluding hydrogens is 213 g/mol. The zero-order valence-electron chi connectivity index (χ0n) is 8.46. The summed E-state index contributed by atoms with van der Waals surface area (Å²) in [5.41, 5.74) is 5.53. The molecule has 0 amide bonds. The molecular formula is C10H12FN3O2. The number of halogens is 1. The maximum Gasteiger partial charge on any atom is 0.305 e. The molecule has 1 aromatic rings. The van der Waals surface area contributed by atoms with Crippen molar-refractivity contribution in [2.75, 3.05) is 11.9 Å². The van der Waals surface area contributed by atoms with Gasteiger partial charge in [-0.1, -0.05) is 6.07 Å². The van der Waals surface area contributed by atoms with E-state index in [0.717, 1.165) is 0 Å². The van der Waals surface area contributed by atoms with Crippen LogP contribution < -0.4 is 11.1 Å². The second-order valence-electron chi connectivity index (χ2n) is 3.15. The van der Waals surface area contributed by atoms with Crippen LogP contribution in [0.1, 0.15) is 12.0 Å². The number of hydrogen-bond donors (Lipinski definition) is 4. The maximum absolute atomic E-state index is 13.3. The maximum atomic E-state index is 13.3. The molecule has 1 rings (SSSR count). The third-order valence-electron chi connectivity index (χ3n) is 1.94. The highest BCUT2D eigenvalue weighted by Gasteiger charge is 2.10. The molecule has 0 aliphatic rings. The fourth-order valence-corrected chi connectivity index (χ4v) is 1.25. The molecule has 0 aliphatic carbocycles. The van der Waals surface area contributed by atoms with Gasteiger partial charge in [0.2, 0.25) is 0 Å². The molecule has 0 spiro atoms. The number of hydrogen-bond acceptors (Lipinski definition) is 3. The number of carboxylic acids is 1. The van der Waals surface area contributed by atoms with Crippen molar-refractivity contribution in [2.24, 2.45) is 5.73 Å². The summed E-state index contributed by atoms with van der Waals surface area (Å²) in [5.74, 6) is -1.95. The van der Waals surface area contributed by atoms with E-state index in [9.17, 15) is 9.18 Å². The lowest BCUT2D eigenvalue weighted by Gasteiger charge is -2.10. The summed E-state index contributed by atoms with van der Waals surface area (Å²) < 4.78 is 13.3. The fourth-order valence-electron chi connectivity index (χ4n) is 1.25. The minimum Gasteiger partial charge on any atom is -0.481 e. The molecule has 1 aromatic carbocycles. The summed E-state index contributed by atoms with van der Waals surface area (Å²) in [6.07, 6.45) is -0.0894. The Hall–Kier alpha value is -2.11. The second-order valence-corrected chi connectivity index (χ2v) is 3.15. The lowest BCUT2D eigenvalue weighted by molar-refractivity contribution is -0.136. The van der Waals surface area contributed by atoms with E-state index in [1.165, 1.54) is 12.1 Å². The molecule has 6 heteroatoms. The first kappa shape index (κ1) is 12.0. The van der Waals surface area contributed by atoms with Gasteiger partial charge in [-0.15, -0.1) is 0 Å². The highest BCUT2D eigenvalue weighted by Crippen LogP contribution is 2.18. The Morgan fingerprint density at radius 2 is 2.25 bits per heavy atom. The number of benzene rings is 1. The van der Waals surface area contributed by atoms with Gasteiger partial charge in [0, 0.05) is 12.2 Å². The van der Waals surface area contributed by atoms with Crippen LogP contribution in [0, 0.1) is 11.2 Å². The number of nitrogens with one attached hydrogen (secondary N) is 2. The number of amidine groups is 1. The molecule has 86 valence electrons. The lowest BCUT2D eigenvalue weighted by Crippen LogP contribution is -2.17. The topological polar surface area (TPSA) is 99.2 Å². The first-order valence-electron chi connectivity index (χ1n) is 4.61. The zero-order valence-corrected chi connectivity index (χ0v) is 8.46. The van der Waals surface area contributed by atoms with Crippen LogP contribution in [0.4, 0.5) is 10.1 Å². The van der Waals surface area contributed by atoms with Crippen molar-refractivity contribution < 1.29 is 14.3 Å². The number of rotatable bonds is 5. The smallest absolute Gasteiger partial charge is 0.305 e. The summed E-state index contributed by atoms with van der Waals surface area (Å²) >= 11 is 0. The molecule has 0 radical (unpaired) electrons. The molecule has 5 nitrogen and oxygen atoms in total. The summed E-state index contributed by atoms with van der Waals surface area (Å²) in [6.45, 7) is 0.152. The highest BCUT2D eigenvalue weighted by molar-refractivity contribution is 6.00.